The Morgan fingerprint density at radius 1 is 0.426 bits per heavy atom. The highest BCUT2D eigenvalue weighted by atomic mass is 16.3. The highest BCUT2D eigenvalue weighted by molar-refractivity contribution is 6.06. The number of furan rings is 1. The molecule has 0 N–H and O–H groups in total. The average Bonchev–Trinajstić information content (AvgIpc) is 3.71. The van der Waals surface area contributed by atoms with Crippen molar-refractivity contribution in [3.05, 3.63) is 235 Å². The van der Waals surface area contributed by atoms with Crippen molar-refractivity contribution in [1.29, 1.82) is 0 Å². The van der Waals surface area contributed by atoms with Crippen LogP contribution in [0.5, 0.6) is 0 Å². The van der Waals surface area contributed by atoms with Gasteiger partial charge in [0, 0.05) is 27.5 Å². The van der Waals surface area contributed by atoms with E-state index in [1.54, 1.807) is 0 Å². The van der Waals surface area contributed by atoms with Crippen LogP contribution in [-0.2, 0) is 0 Å². The number of hydrogen-bond acceptors (Lipinski definition) is 4. The van der Waals surface area contributed by atoms with Gasteiger partial charge in [0.1, 0.15) is 11.2 Å². The molecule has 10 aromatic rings. The molecule has 4 heteroatoms. The monoisotopic (exact) mass is 783 g/mol. The van der Waals surface area contributed by atoms with Gasteiger partial charge >= 0.3 is 0 Å². The van der Waals surface area contributed by atoms with Crippen LogP contribution in [0.1, 0.15) is 30.5 Å². The summed E-state index contributed by atoms with van der Waals surface area (Å²) >= 11 is 0. The van der Waals surface area contributed by atoms with Crippen molar-refractivity contribution in [2.24, 2.45) is 0 Å². The van der Waals surface area contributed by atoms with E-state index in [1.807, 2.05) is 24.3 Å². The van der Waals surface area contributed by atoms with Crippen molar-refractivity contribution < 1.29 is 4.42 Å². The van der Waals surface area contributed by atoms with E-state index in [0.717, 1.165) is 60.7 Å². The Labute approximate surface area is 355 Å². The van der Waals surface area contributed by atoms with Crippen LogP contribution < -0.4 is 0 Å². The second kappa shape index (κ2) is 16.4. The number of aromatic nitrogens is 3. The van der Waals surface area contributed by atoms with Gasteiger partial charge in [-0.15, -0.1) is 0 Å². The molecule has 0 saturated carbocycles. The van der Waals surface area contributed by atoms with Crippen molar-refractivity contribution in [1.82, 2.24) is 15.0 Å². The van der Waals surface area contributed by atoms with Crippen LogP contribution in [0.4, 0.5) is 0 Å². The molecular formula is C57H41N3O. The number of nitrogens with zero attached hydrogens (tertiary/aromatic N) is 3. The Balaban J connectivity index is 1.07. The molecular weight excluding hydrogens is 743 g/mol. The number of allylic oxidation sites excluding steroid dienone is 5. The van der Waals surface area contributed by atoms with Gasteiger partial charge in [0.25, 0.3) is 0 Å². The molecule has 61 heavy (non-hydrogen) atoms. The molecule has 0 bridgehead atoms. The summed E-state index contributed by atoms with van der Waals surface area (Å²) in [5.41, 5.74) is 13.6. The topological polar surface area (TPSA) is 51.8 Å². The minimum atomic E-state index is 0.584. The van der Waals surface area contributed by atoms with Crippen molar-refractivity contribution in [2.45, 2.75) is 13.8 Å². The SMILES string of the molecule is C/C=C\C=C(/C)C(=C(c1ccccc1)c1ccccc1)c1cccc(-c2ccc(-c3nc(-c4ccc5ccccc5c4)nc(-c4ccc5c(c4)oc4ccccc45)n3)cc2)c1. The standard InChI is InChI=1S/C57H41N3O/c1-3-4-16-38(2)53(54(41-18-7-5-8-19-41)42-20-9-6-10-21-42)46-24-15-23-45(35-46)40-27-30-43(31-28-40)55-58-56(47-32-29-39-17-11-12-22-44(39)36-47)60-57(59-55)48-33-34-50-49-25-13-14-26-51(49)61-52(50)37-48/h3-37H,1-2H3/b4-3-,38-16+. The minimum absolute atomic E-state index is 0.584. The van der Waals surface area contributed by atoms with E-state index in [2.05, 4.69) is 202 Å². The van der Waals surface area contributed by atoms with Gasteiger partial charge in [0.2, 0.25) is 0 Å². The molecule has 0 saturated heterocycles. The molecule has 0 fully saturated rings. The Morgan fingerprint density at radius 2 is 0.984 bits per heavy atom. The molecule has 0 atom stereocenters. The zero-order valence-corrected chi connectivity index (χ0v) is 34.0. The quantitative estimate of drug-likeness (QED) is 0.108. The number of hydrogen-bond donors (Lipinski definition) is 0. The van der Waals surface area contributed by atoms with Gasteiger partial charge in [0.05, 0.1) is 0 Å². The zero-order chi connectivity index (χ0) is 41.1. The number of rotatable bonds is 9. The first kappa shape index (κ1) is 37.3. The molecule has 2 aromatic heterocycles. The van der Waals surface area contributed by atoms with Crippen LogP contribution >= 0.6 is 0 Å². The molecule has 4 nitrogen and oxygen atoms in total. The van der Waals surface area contributed by atoms with E-state index >= 15 is 0 Å². The summed E-state index contributed by atoms with van der Waals surface area (Å²) in [7, 11) is 0. The molecule has 2 heterocycles. The highest BCUT2D eigenvalue weighted by Crippen LogP contribution is 2.39. The molecule has 0 amide bonds. The molecule has 0 aliphatic rings. The van der Waals surface area contributed by atoms with E-state index in [9.17, 15) is 0 Å². The van der Waals surface area contributed by atoms with E-state index < -0.39 is 0 Å². The first-order valence-electron chi connectivity index (χ1n) is 20.6. The van der Waals surface area contributed by atoms with E-state index in [-0.39, 0.29) is 0 Å². The van der Waals surface area contributed by atoms with Crippen LogP contribution in [0.2, 0.25) is 0 Å². The van der Waals surface area contributed by atoms with E-state index in [1.165, 1.54) is 33.2 Å². The van der Waals surface area contributed by atoms with Crippen LogP contribution in [0.3, 0.4) is 0 Å². The lowest BCUT2D eigenvalue weighted by atomic mass is 9.85. The van der Waals surface area contributed by atoms with Crippen LogP contribution in [0.25, 0.3) is 89.1 Å². The normalized spacial score (nSPS) is 11.8. The maximum absolute atomic E-state index is 6.28. The van der Waals surface area contributed by atoms with Gasteiger partial charge in [-0.1, -0.05) is 182 Å². The summed E-state index contributed by atoms with van der Waals surface area (Å²) in [6.07, 6.45) is 6.39. The second-order valence-corrected chi connectivity index (χ2v) is 15.2. The van der Waals surface area contributed by atoms with Crippen LogP contribution in [0.15, 0.2) is 222 Å². The van der Waals surface area contributed by atoms with Crippen molar-refractivity contribution in [2.75, 3.05) is 0 Å². The van der Waals surface area contributed by atoms with Gasteiger partial charge in [-0.3, -0.25) is 0 Å². The van der Waals surface area contributed by atoms with Crippen molar-refractivity contribution in [3.8, 4) is 45.3 Å². The predicted molar refractivity (Wildman–Crippen MR) is 254 cm³/mol. The number of para-hydroxylation sites is 1. The third kappa shape index (κ3) is 7.48. The maximum Gasteiger partial charge on any atom is 0.164 e. The molecule has 0 aliphatic carbocycles. The van der Waals surface area contributed by atoms with Gasteiger partial charge in [-0.05, 0) is 99.5 Å². The lowest BCUT2D eigenvalue weighted by molar-refractivity contribution is 0.669. The molecule has 0 unspecified atom stereocenters. The summed E-state index contributed by atoms with van der Waals surface area (Å²) in [6.45, 7) is 4.25. The fourth-order valence-electron chi connectivity index (χ4n) is 8.18. The van der Waals surface area contributed by atoms with E-state index in [0.29, 0.717) is 17.5 Å². The first-order chi connectivity index (χ1) is 30.1. The molecule has 0 radical (unpaired) electrons. The minimum Gasteiger partial charge on any atom is -0.456 e. The largest absolute Gasteiger partial charge is 0.456 e. The van der Waals surface area contributed by atoms with E-state index in [4.69, 9.17) is 19.4 Å². The number of fused-ring (bicyclic) bond motifs is 4. The van der Waals surface area contributed by atoms with Crippen LogP contribution in [0, 0.1) is 0 Å². The van der Waals surface area contributed by atoms with Crippen LogP contribution in [-0.4, -0.2) is 15.0 Å². The number of benzene rings is 8. The highest BCUT2D eigenvalue weighted by Gasteiger charge is 2.18. The van der Waals surface area contributed by atoms with Gasteiger partial charge in [-0.2, -0.15) is 0 Å². The summed E-state index contributed by atoms with van der Waals surface area (Å²) < 4.78 is 6.28. The smallest absolute Gasteiger partial charge is 0.164 e. The first-order valence-corrected chi connectivity index (χ1v) is 20.6. The fraction of sp³-hybridized carbons (Fsp3) is 0.0351. The lowest BCUT2D eigenvalue weighted by Crippen LogP contribution is -2.00. The molecule has 10 rings (SSSR count). The summed E-state index contributed by atoms with van der Waals surface area (Å²) in [4.78, 5) is 15.3. The summed E-state index contributed by atoms with van der Waals surface area (Å²) in [5, 5.41) is 4.44. The third-order valence-corrected chi connectivity index (χ3v) is 11.2. The molecule has 0 spiro atoms. The summed E-state index contributed by atoms with van der Waals surface area (Å²) in [6, 6.07) is 67.8. The molecule has 290 valence electrons. The maximum atomic E-state index is 6.28. The van der Waals surface area contributed by atoms with Gasteiger partial charge in [-0.25, -0.2) is 15.0 Å². The zero-order valence-electron chi connectivity index (χ0n) is 34.0. The molecule has 8 aromatic carbocycles. The third-order valence-electron chi connectivity index (χ3n) is 11.2. The summed E-state index contributed by atoms with van der Waals surface area (Å²) in [5.74, 6) is 1.80. The Kier molecular flexibility index (Phi) is 10.0. The lowest BCUT2D eigenvalue weighted by Gasteiger charge is -2.19. The fourth-order valence-corrected chi connectivity index (χ4v) is 8.18. The second-order valence-electron chi connectivity index (χ2n) is 15.2. The molecule has 0 aliphatic heterocycles. The Morgan fingerprint density at radius 3 is 1.70 bits per heavy atom. The van der Waals surface area contributed by atoms with Gasteiger partial charge in [0.15, 0.2) is 17.5 Å². The average molecular weight is 784 g/mol. The van der Waals surface area contributed by atoms with Gasteiger partial charge < -0.3 is 4.42 Å². The predicted octanol–water partition coefficient (Wildman–Crippen LogP) is 15.1. The Bertz CT molecular complexity index is 3260. The van der Waals surface area contributed by atoms with Crippen molar-refractivity contribution >= 4 is 43.9 Å². The van der Waals surface area contributed by atoms with Crippen molar-refractivity contribution in [3.63, 3.8) is 0 Å². The Hall–Kier alpha value is -7.95.